The second kappa shape index (κ2) is 10.3. The number of carbonyl (C=O) groups excluding carboxylic acids is 2. The van der Waals surface area contributed by atoms with Gasteiger partial charge in [0.2, 0.25) is 5.91 Å². The van der Waals surface area contributed by atoms with Crippen molar-refractivity contribution in [3.63, 3.8) is 0 Å². The first-order chi connectivity index (χ1) is 15.9. The van der Waals surface area contributed by atoms with Crippen LogP contribution in [-0.4, -0.2) is 51.8 Å². The summed E-state index contributed by atoms with van der Waals surface area (Å²) in [6.45, 7) is 5.44. The minimum absolute atomic E-state index is 0.130. The topological polar surface area (TPSA) is 81.5 Å². The molecule has 1 aliphatic heterocycles. The summed E-state index contributed by atoms with van der Waals surface area (Å²) in [4.78, 5) is 45.2. The van der Waals surface area contributed by atoms with Gasteiger partial charge in [-0.15, -0.1) is 0 Å². The number of ether oxygens (including phenoxy) is 1. The molecule has 2 heterocycles. The summed E-state index contributed by atoms with van der Waals surface area (Å²) in [5.41, 5.74) is 0.649. The van der Waals surface area contributed by atoms with Crippen LogP contribution in [0.1, 0.15) is 62.7 Å². The lowest BCUT2D eigenvalue weighted by Crippen LogP contribution is -2.50. The van der Waals surface area contributed by atoms with Crippen molar-refractivity contribution in [2.45, 2.75) is 70.1 Å². The number of carbonyl (C=O) groups is 2. The van der Waals surface area contributed by atoms with Crippen molar-refractivity contribution in [2.75, 3.05) is 19.4 Å². The molecule has 1 amide bonds. The van der Waals surface area contributed by atoms with Crippen LogP contribution in [0.15, 0.2) is 28.2 Å². The molecule has 4 rings (SSSR count). The maximum Gasteiger partial charge on any atom is 0.337 e. The van der Waals surface area contributed by atoms with E-state index < -0.39 is 5.97 Å². The van der Waals surface area contributed by atoms with E-state index in [-0.39, 0.29) is 23.1 Å². The average Bonchev–Trinajstić information content (AvgIpc) is 2.83. The molecule has 2 fully saturated rings. The third-order valence-corrected chi connectivity index (χ3v) is 7.74. The van der Waals surface area contributed by atoms with Gasteiger partial charge < -0.3 is 9.64 Å². The highest BCUT2D eigenvalue weighted by Crippen LogP contribution is 2.35. The molecule has 8 heteroatoms. The number of likely N-dealkylation sites (tertiary alicyclic amines) is 1. The van der Waals surface area contributed by atoms with Gasteiger partial charge in [0, 0.05) is 19.1 Å². The first-order valence-corrected chi connectivity index (χ1v) is 12.9. The molecule has 0 bridgehead atoms. The molecule has 0 N–H and O–H groups in total. The molecule has 7 nitrogen and oxygen atoms in total. The quantitative estimate of drug-likeness (QED) is 0.358. The second-order valence-electron chi connectivity index (χ2n) is 9.56. The smallest absolute Gasteiger partial charge is 0.337 e. The van der Waals surface area contributed by atoms with Gasteiger partial charge in [0.15, 0.2) is 5.16 Å². The van der Waals surface area contributed by atoms with Crippen LogP contribution in [0.5, 0.6) is 0 Å². The van der Waals surface area contributed by atoms with Gasteiger partial charge in [-0.25, -0.2) is 9.78 Å². The van der Waals surface area contributed by atoms with E-state index in [4.69, 9.17) is 9.72 Å². The van der Waals surface area contributed by atoms with Crippen molar-refractivity contribution >= 4 is 34.5 Å². The van der Waals surface area contributed by atoms with Crippen molar-refractivity contribution < 1.29 is 14.3 Å². The zero-order valence-electron chi connectivity index (χ0n) is 19.7. The summed E-state index contributed by atoms with van der Waals surface area (Å²) in [7, 11) is 1.32. The fourth-order valence-corrected chi connectivity index (χ4v) is 6.12. The molecule has 1 aromatic heterocycles. The third kappa shape index (κ3) is 5.10. The van der Waals surface area contributed by atoms with Crippen LogP contribution in [0.3, 0.4) is 0 Å². The van der Waals surface area contributed by atoms with Gasteiger partial charge in [-0.1, -0.05) is 38.5 Å². The minimum Gasteiger partial charge on any atom is -0.465 e. The van der Waals surface area contributed by atoms with Crippen LogP contribution in [0.4, 0.5) is 0 Å². The molecular formula is C25H33N3O4S. The summed E-state index contributed by atoms with van der Waals surface area (Å²) >= 11 is 1.32. The molecule has 2 aliphatic rings. The molecule has 178 valence electrons. The molecule has 1 saturated carbocycles. The lowest BCUT2D eigenvalue weighted by molar-refractivity contribution is -0.134. The maximum absolute atomic E-state index is 13.3. The molecule has 0 spiro atoms. The Morgan fingerprint density at radius 1 is 1.18 bits per heavy atom. The summed E-state index contributed by atoms with van der Waals surface area (Å²) in [6.07, 6.45) is 7.09. The Morgan fingerprint density at radius 3 is 2.70 bits per heavy atom. The van der Waals surface area contributed by atoms with Gasteiger partial charge in [-0.3, -0.25) is 14.2 Å². The van der Waals surface area contributed by atoms with E-state index in [0.717, 1.165) is 19.4 Å². The summed E-state index contributed by atoms with van der Waals surface area (Å²) in [5, 5.41) is 0.980. The van der Waals surface area contributed by atoms with E-state index in [1.165, 1.54) is 44.6 Å². The number of benzene rings is 1. The minimum atomic E-state index is -0.471. The normalized spacial score (nSPS) is 20.7. The predicted octanol–water partition coefficient (Wildman–Crippen LogP) is 4.11. The Balaban J connectivity index is 1.61. The van der Waals surface area contributed by atoms with E-state index in [0.29, 0.717) is 40.1 Å². The number of amides is 1. The van der Waals surface area contributed by atoms with Crippen molar-refractivity contribution in [2.24, 2.45) is 11.8 Å². The summed E-state index contributed by atoms with van der Waals surface area (Å²) < 4.78 is 6.48. The highest BCUT2D eigenvalue weighted by molar-refractivity contribution is 7.99. The van der Waals surface area contributed by atoms with Crippen molar-refractivity contribution in [1.29, 1.82) is 0 Å². The van der Waals surface area contributed by atoms with Crippen LogP contribution in [0, 0.1) is 11.8 Å². The predicted molar refractivity (Wildman–Crippen MR) is 130 cm³/mol. The second-order valence-corrected chi connectivity index (χ2v) is 10.5. The van der Waals surface area contributed by atoms with Crippen LogP contribution in [0.25, 0.3) is 10.9 Å². The number of rotatable bonds is 6. The first-order valence-electron chi connectivity index (χ1n) is 11.9. The molecule has 1 aliphatic carbocycles. The zero-order chi connectivity index (χ0) is 23.5. The monoisotopic (exact) mass is 471 g/mol. The number of hydrogen-bond donors (Lipinski definition) is 0. The lowest BCUT2D eigenvalue weighted by Gasteiger charge is -2.44. The molecule has 33 heavy (non-hydrogen) atoms. The number of piperidine rings is 1. The number of thioether (sulfide) groups is 1. The van der Waals surface area contributed by atoms with Crippen molar-refractivity contribution in [3.05, 3.63) is 34.1 Å². The molecule has 2 atom stereocenters. The largest absolute Gasteiger partial charge is 0.465 e. The van der Waals surface area contributed by atoms with Crippen LogP contribution >= 0.6 is 11.8 Å². The first kappa shape index (κ1) is 23.8. The molecular weight excluding hydrogens is 438 g/mol. The number of methoxy groups -OCH3 is 1. The van der Waals surface area contributed by atoms with Crippen molar-refractivity contribution in [3.8, 4) is 0 Å². The van der Waals surface area contributed by atoms with Gasteiger partial charge >= 0.3 is 5.97 Å². The van der Waals surface area contributed by atoms with E-state index in [1.54, 1.807) is 22.8 Å². The van der Waals surface area contributed by atoms with E-state index in [2.05, 4.69) is 4.90 Å². The van der Waals surface area contributed by atoms with E-state index >= 15 is 0 Å². The molecule has 1 aromatic carbocycles. The summed E-state index contributed by atoms with van der Waals surface area (Å²) in [5.74, 6) is 0.801. The van der Waals surface area contributed by atoms with Gasteiger partial charge in [-0.05, 0) is 55.7 Å². The van der Waals surface area contributed by atoms with Gasteiger partial charge in [0.1, 0.15) is 0 Å². The molecule has 2 aromatic rings. The van der Waals surface area contributed by atoms with Gasteiger partial charge in [0.25, 0.3) is 5.56 Å². The molecule has 0 unspecified atom stereocenters. The standard InChI is InChI=1S/C25H33N3O4S/c1-16(2)14-28-23(30)19-11-10-18(24(31)32-3)13-20(19)26-25(28)33-15-22(29)27-12-6-8-17-7-4-5-9-21(17)27/h10-11,13,16-17,21H,4-9,12,14-15H2,1-3H3/t17-,21-/m1/s1. The number of hydrogen-bond acceptors (Lipinski definition) is 6. The van der Waals surface area contributed by atoms with E-state index in [1.807, 2.05) is 13.8 Å². The number of aromatic nitrogens is 2. The highest BCUT2D eigenvalue weighted by Gasteiger charge is 2.35. The van der Waals surface area contributed by atoms with Gasteiger partial charge in [-0.2, -0.15) is 0 Å². The Kier molecular flexibility index (Phi) is 7.41. The Morgan fingerprint density at radius 2 is 1.94 bits per heavy atom. The van der Waals surface area contributed by atoms with Crippen LogP contribution in [-0.2, 0) is 16.1 Å². The lowest BCUT2D eigenvalue weighted by atomic mass is 9.78. The van der Waals surface area contributed by atoms with Crippen molar-refractivity contribution in [1.82, 2.24) is 14.5 Å². The van der Waals surface area contributed by atoms with Crippen LogP contribution in [0.2, 0.25) is 0 Å². The Hall–Kier alpha value is -2.35. The molecule has 0 radical (unpaired) electrons. The number of fused-ring (bicyclic) bond motifs is 2. The zero-order valence-corrected chi connectivity index (χ0v) is 20.5. The highest BCUT2D eigenvalue weighted by atomic mass is 32.2. The third-order valence-electron chi connectivity index (χ3n) is 6.78. The average molecular weight is 472 g/mol. The van der Waals surface area contributed by atoms with Crippen LogP contribution < -0.4 is 5.56 Å². The number of nitrogens with zero attached hydrogens (tertiary/aromatic N) is 3. The molecule has 1 saturated heterocycles. The number of esters is 1. The van der Waals surface area contributed by atoms with E-state index in [9.17, 15) is 14.4 Å². The Bertz CT molecular complexity index is 1090. The SMILES string of the molecule is COC(=O)c1ccc2c(=O)n(CC(C)C)c(SCC(=O)N3CCC[C@H]4CCCC[C@H]43)nc2c1. The fraction of sp³-hybridized carbons (Fsp3) is 0.600. The van der Waals surface area contributed by atoms with Gasteiger partial charge in [0.05, 0.1) is 29.3 Å². The Labute approximate surface area is 198 Å². The maximum atomic E-state index is 13.3. The summed E-state index contributed by atoms with van der Waals surface area (Å²) in [6, 6.07) is 5.17. The fourth-order valence-electron chi connectivity index (χ4n) is 5.23.